The molecule has 0 amide bonds. The first-order valence-corrected chi connectivity index (χ1v) is 7.15. The van der Waals surface area contributed by atoms with Gasteiger partial charge in [0.25, 0.3) is 0 Å². The zero-order valence-corrected chi connectivity index (χ0v) is 12.2. The number of halogens is 1. The first-order chi connectivity index (χ1) is 9.26. The number of aromatic nitrogens is 2. The highest BCUT2D eigenvalue weighted by molar-refractivity contribution is 6.30. The molecule has 0 saturated carbocycles. The van der Waals surface area contributed by atoms with Gasteiger partial charge in [-0.1, -0.05) is 31.5 Å². The third-order valence-electron chi connectivity index (χ3n) is 3.07. The van der Waals surface area contributed by atoms with Gasteiger partial charge < -0.3 is 5.32 Å². The van der Waals surface area contributed by atoms with Crippen molar-refractivity contribution in [2.45, 2.75) is 33.4 Å². The summed E-state index contributed by atoms with van der Waals surface area (Å²) < 4.78 is 2.04. The Labute approximate surface area is 119 Å². The van der Waals surface area contributed by atoms with Gasteiger partial charge in [0, 0.05) is 29.9 Å². The van der Waals surface area contributed by atoms with E-state index < -0.39 is 0 Å². The average Bonchev–Trinajstić information content (AvgIpc) is 2.86. The van der Waals surface area contributed by atoms with E-state index in [0.29, 0.717) is 0 Å². The van der Waals surface area contributed by atoms with Crippen molar-refractivity contribution in [2.24, 2.45) is 0 Å². The maximum atomic E-state index is 6.15. The van der Waals surface area contributed by atoms with E-state index in [2.05, 4.69) is 36.4 Å². The normalized spacial score (nSPS) is 10.9. The Morgan fingerprint density at radius 1 is 1.26 bits per heavy atom. The quantitative estimate of drug-likeness (QED) is 0.872. The van der Waals surface area contributed by atoms with Crippen LogP contribution in [-0.2, 0) is 13.1 Å². The number of rotatable bonds is 6. The molecule has 0 aliphatic heterocycles. The SMILES string of the molecule is CCCn1nccc1-c1cc(Cl)ccc1CNCC. The van der Waals surface area contributed by atoms with Crippen molar-refractivity contribution in [3.05, 3.63) is 41.0 Å². The first kappa shape index (κ1) is 14.1. The summed E-state index contributed by atoms with van der Waals surface area (Å²) >= 11 is 6.15. The standard InChI is InChI=1S/C15H20ClN3/c1-3-9-19-15(7-8-18-19)14-10-13(16)6-5-12(14)11-17-4-2/h5-8,10,17H,3-4,9,11H2,1-2H3. The average molecular weight is 278 g/mol. The predicted molar refractivity (Wildman–Crippen MR) is 80.3 cm³/mol. The molecule has 0 saturated heterocycles. The molecule has 1 heterocycles. The van der Waals surface area contributed by atoms with E-state index in [1.165, 1.54) is 11.1 Å². The molecule has 3 nitrogen and oxygen atoms in total. The Balaban J connectivity index is 2.40. The smallest absolute Gasteiger partial charge is 0.0685 e. The van der Waals surface area contributed by atoms with Crippen LogP contribution in [0.5, 0.6) is 0 Å². The molecule has 2 aromatic rings. The van der Waals surface area contributed by atoms with Crippen molar-refractivity contribution in [2.75, 3.05) is 6.54 Å². The molecule has 1 aromatic heterocycles. The van der Waals surface area contributed by atoms with Gasteiger partial charge >= 0.3 is 0 Å². The van der Waals surface area contributed by atoms with Gasteiger partial charge in [0.2, 0.25) is 0 Å². The van der Waals surface area contributed by atoms with E-state index in [9.17, 15) is 0 Å². The van der Waals surface area contributed by atoms with Gasteiger partial charge in [-0.15, -0.1) is 0 Å². The Morgan fingerprint density at radius 3 is 2.84 bits per heavy atom. The van der Waals surface area contributed by atoms with Crippen molar-refractivity contribution in [1.82, 2.24) is 15.1 Å². The number of hydrogen-bond donors (Lipinski definition) is 1. The van der Waals surface area contributed by atoms with Crippen molar-refractivity contribution >= 4 is 11.6 Å². The summed E-state index contributed by atoms with van der Waals surface area (Å²) in [5.41, 5.74) is 3.56. The predicted octanol–water partition coefficient (Wildman–Crippen LogP) is 3.72. The fraction of sp³-hybridized carbons (Fsp3) is 0.400. The molecule has 0 aliphatic carbocycles. The van der Waals surface area contributed by atoms with Gasteiger partial charge in [-0.3, -0.25) is 4.68 Å². The van der Waals surface area contributed by atoms with Crippen LogP contribution in [0, 0.1) is 0 Å². The molecule has 0 fully saturated rings. The maximum Gasteiger partial charge on any atom is 0.0685 e. The van der Waals surface area contributed by atoms with Crippen molar-refractivity contribution in [1.29, 1.82) is 0 Å². The molecule has 1 N–H and O–H groups in total. The monoisotopic (exact) mass is 277 g/mol. The third kappa shape index (κ3) is 3.37. The van der Waals surface area contributed by atoms with E-state index in [0.717, 1.165) is 36.8 Å². The fourth-order valence-corrected chi connectivity index (χ4v) is 2.32. The van der Waals surface area contributed by atoms with Crippen LogP contribution in [0.3, 0.4) is 0 Å². The van der Waals surface area contributed by atoms with Crippen molar-refractivity contribution in [3.63, 3.8) is 0 Å². The highest BCUT2D eigenvalue weighted by Gasteiger charge is 2.10. The molecule has 0 radical (unpaired) electrons. The largest absolute Gasteiger partial charge is 0.313 e. The summed E-state index contributed by atoms with van der Waals surface area (Å²) in [6.45, 7) is 6.99. The Bertz CT molecular complexity index is 534. The minimum atomic E-state index is 0.763. The Kier molecular flexibility index (Phi) is 5.00. The lowest BCUT2D eigenvalue weighted by Gasteiger charge is -2.12. The van der Waals surface area contributed by atoms with Crippen LogP contribution in [0.25, 0.3) is 11.3 Å². The number of hydrogen-bond acceptors (Lipinski definition) is 2. The van der Waals surface area contributed by atoms with Gasteiger partial charge in [-0.2, -0.15) is 5.10 Å². The van der Waals surface area contributed by atoms with Crippen LogP contribution in [0.4, 0.5) is 0 Å². The Morgan fingerprint density at radius 2 is 2.11 bits per heavy atom. The highest BCUT2D eigenvalue weighted by atomic mass is 35.5. The molecule has 102 valence electrons. The summed E-state index contributed by atoms with van der Waals surface area (Å²) in [7, 11) is 0. The van der Waals surface area contributed by atoms with Crippen LogP contribution in [0.15, 0.2) is 30.5 Å². The van der Waals surface area contributed by atoms with Gasteiger partial charge in [0.05, 0.1) is 5.69 Å². The van der Waals surface area contributed by atoms with Crippen LogP contribution in [0.2, 0.25) is 5.02 Å². The maximum absolute atomic E-state index is 6.15. The topological polar surface area (TPSA) is 29.9 Å². The van der Waals surface area contributed by atoms with Gasteiger partial charge in [0.15, 0.2) is 0 Å². The lowest BCUT2D eigenvalue weighted by Crippen LogP contribution is -2.13. The molecule has 0 spiro atoms. The molecule has 1 aromatic carbocycles. The van der Waals surface area contributed by atoms with E-state index in [-0.39, 0.29) is 0 Å². The first-order valence-electron chi connectivity index (χ1n) is 6.77. The number of nitrogens with one attached hydrogen (secondary N) is 1. The van der Waals surface area contributed by atoms with Crippen LogP contribution >= 0.6 is 11.6 Å². The van der Waals surface area contributed by atoms with E-state index >= 15 is 0 Å². The van der Waals surface area contributed by atoms with E-state index in [1.807, 2.05) is 23.0 Å². The lowest BCUT2D eigenvalue weighted by molar-refractivity contribution is 0.608. The van der Waals surface area contributed by atoms with Crippen molar-refractivity contribution < 1.29 is 0 Å². The summed E-state index contributed by atoms with van der Waals surface area (Å²) in [5, 5.41) is 8.52. The number of aryl methyl sites for hydroxylation is 1. The molecule has 4 heteroatoms. The van der Waals surface area contributed by atoms with Gasteiger partial charge in [0.1, 0.15) is 0 Å². The molecule has 19 heavy (non-hydrogen) atoms. The molecule has 0 bridgehead atoms. The minimum absolute atomic E-state index is 0.763. The Hall–Kier alpha value is -1.32. The molecule has 2 rings (SSSR count). The summed E-state index contributed by atoms with van der Waals surface area (Å²) in [4.78, 5) is 0. The molecular weight excluding hydrogens is 258 g/mol. The summed E-state index contributed by atoms with van der Waals surface area (Å²) in [6, 6.07) is 8.11. The summed E-state index contributed by atoms with van der Waals surface area (Å²) in [6.07, 6.45) is 2.92. The second-order valence-electron chi connectivity index (χ2n) is 4.52. The van der Waals surface area contributed by atoms with Crippen LogP contribution < -0.4 is 5.32 Å². The lowest BCUT2D eigenvalue weighted by atomic mass is 10.0. The molecule has 0 aliphatic rings. The second-order valence-corrected chi connectivity index (χ2v) is 4.96. The molecule has 0 atom stereocenters. The molecule has 0 unspecified atom stereocenters. The summed E-state index contributed by atoms with van der Waals surface area (Å²) in [5.74, 6) is 0. The van der Waals surface area contributed by atoms with Crippen molar-refractivity contribution in [3.8, 4) is 11.3 Å². The third-order valence-corrected chi connectivity index (χ3v) is 3.30. The zero-order valence-electron chi connectivity index (χ0n) is 11.5. The zero-order chi connectivity index (χ0) is 13.7. The molecular formula is C15H20ClN3. The second kappa shape index (κ2) is 6.73. The van der Waals surface area contributed by atoms with Crippen LogP contribution in [-0.4, -0.2) is 16.3 Å². The fourth-order valence-electron chi connectivity index (χ4n) is 2.15. The van der Waals surface area contributed by atoms with E-state index in [1.54, 1.807) is 0 Å². The minimum Gasteiger partial charge on any atom is -0.313 e. The highest BCUT2D eigenvalue weighted by Crippen LogP contribution is 2.27. The van der Waals surface area contributed by atoms with Gasteiger partial charge in [-0.05, 0) is 36.7 Å². The number of nitrogens with zero attached hydrogens (tertiary/aromatic N) is 2. The van der Waals surface area contributed by atoms with Crippen LogP contribution in [0.1, 0.15) is 25.8 Å². The van der Waals surface area contributed by atoms with E-state index in [4.69, 9.17) is 11.6 Å². The van der Waals surface area contributed by atoms with Gasteiger partial charge in [-0.25, -0.2) is 0 Å². The number of benzene rings is 1.